The Morgan fingerprint density at radius 2 is 2.21 bits per heavy atom. The third-order valence-corrected chi connectivity index (χ3v) is 5.80. The lowest BCUT2D eigenvalue weighted by molar-refractivity contribution is 0.409. The summed E-state index contributed by atoms with van der Waals surface area (Å²) in [6.07, 6.45) is 3.41. The number of fused-ring (bicyclic) bond motifs is 1. The monoisotopic (exact) mass is 279 g/mol. The molecule has 0 aliphatic carbocycles. The van der Waals surface area contributed by atoms with Crippen LogP contribution in [0.15, 0.2) is 29.3 Å². The lowest BCUT2D eigenvalue weighted by Crippen LogP contribution is -2.33. The Kier molecular flexibility index (Phi) is 2.79. The molecule has 5 nitrogen and oxygen atoms in total. The van der Waals surface area contributed by atoms with Gasteiger partial charge in [-0.2, -0.15) is 4.31 Å². The van der Waals surface area contributed by atoms with E-state index in [2.05, 4.69) is 4.98 Å². The van der Waals surface area contributed by atoms with Crippen LogP contribution in [0.1, 0.15) is 19.8 Å². The van der Waals surface area contributed by atoms with Crippen LogP contribution < -0.4 is 5.73 Å². The molecule has 1 fully saturated rings. The first-order chi connectivity index (χ1) is 9.00. The number of benzene rings is 1. The van der Waals surface area contributed by atoms with Gasteiger partial charge >= 0.3 is 0 Å². The molecular formula is C13H17N3O2S. The van der Waals surface area contributed by atoms with Crippen LogP contribution in [0, 0.1) is 0 Å². The molecule has 0 amide bonds. The molecule has 1 aliphatic rings. The molecule has 0 saturated carbocycles. The number of sulfonamides is 1. The number of H-pyrrole nitrogens is 1. The van der Waals surface area contributed by atoms with Crippen molar-refractivity contribution >= 4 is 26.6 Å². The second-order valence-corrected chi connectivity index (χ2v) is 6.92. The first-order valence-corrected chi connectivity index (χ1v) is 7.82. The summed E-state index contributed by atoms with van der Waals surface area (Å²) < 4.78 is 26.9. The number of aromatic nitrogens is 1. The molecule has 0 radical (unpaired) electrons. The fraction of sp³-hybridized carbons (Fsp3) is 0.385. The lowest BCUT2D eigenvalue weighted by Gasteiger charge is -2.20. The zero-order chi connectivity index (χ0) is 13.6. The largest absolute Gasteiger partial charge is 0.399 e. The van der Waals surface area contributed by atoms with Crippen LogP contribution in [0.25, 0.3) is 10.9 Å². The maximum absolute atomic E-state index is 12.7. The van der Waals surface area contributed by atoms with Crippen molar-refractivity contribution < 1.29 is 8.42 Å². The highest BCUT2D eigenvalue weighted by Crippen LogP contribution is 2.30. The van der Waals surface area contributed by atoms with E-state index in [1.54, 1.807) is 28.7 Å². The van der Waals surface area contributed by atoms with Gasteiger partial charge in [0, 0.05) is 35.4 Å². The third-order valence-electron chi connectivity index (χ3n) is 3.75. The van der Waals surface area contributed by atoms with Crippen molar-refractivity contribution in [1.82, 2.24) is 9.29 Å². The van der Waals surface area contributed by atoms with Crippen LogP contribution in [0.3, 0.4) is 0 Å². The van der Waals surface area contributed by atoms with Gasteiger partial charge in [0.1, 0.15) is 4.90 Å². The summed E-state index contributed by atoms with van der Waals surface area (Å²) in [4.78, 5) is 3.33. The van der Waals surface area contributed by atoms with Crippen LogP contribution in [-0.2, 0) is 10.0 Å². The Morgan fingerprint density at radius 3 is 2.89 bits per heavy atom. The topological polar surface area (TPSA) is 79.2 Å². The van der Waals surface area contributed by atoms with Crippen molar-refractivity contribution in [3.8, 4) is 0 Å². The van der Waals surface area contributed by atoms with E-state index in [1.807, 2.05) is 6.92 Å². The van der Waals surface area contributed by atoms with E-state index >= 15 is 0 Å². The number of nitrogen functional groups attached to an aromatic ring is 1. The molecule has 6 heteroatoms. The molecule has 3 rings (SSSR count). The van der Waals surface area contributed by atoms with Crippen molar-refractivity contribution in [3.05, 3.63) is 24.4 Å². The maximum atomic E-state index is 12.7. The first kappa shape index (κ1) is 12.5. The van der Waals surface area contributed by atoms with Gasteiger partial charge in [-0.05, 0) is 38.0 Å². The molecular weight excluding hydrogens is 262 g/mol. The van der Waals surface area contributed by atoms with Gasteiger partial charge in [-0.1, -0.05) is 0 Å². The van der Waals surface area contributed by atoms with Gasteiger partial charge in [0.05, 0.1) is 0 Å². The Hall–Kier alpha value is -1.53. The molecule has 19 heavy (non-hydrogen) atoms. The molecule has 0 spiro atoms. The van der Waals surface area contributed by atoms with E-state index in [0.29, 0.717) is 22.5 Å². The van der Waals surface area contributed by atoms with Crippen molar-refractivity contribution in [1.29, 1.82) is 0 Å². The summed E-state index contributed by atoms with van der Waals surface area (Å²) in [5, 5.41) is 0.702. The minimum Gasteiger partial charge on any atom is -0.399 e. The minimum absolute atomic E-state index is 0.0729. The highest BCUT2D eigenvalue weighted by atomic mass is 32.2. The molecule has 2 aromatic rings. The molecule has 2 heterocycles. The van der Waals surface area contributed by atoms with Crippen molar-refractivity contribution in [3.63, 3.8) is 0 Å². The average Bonchev–Trinajstić information content (AvgIpc) is 2.94. The van der Waals surface area contributed by atoms with Crippen molar-refractivity contribution in [2.24, 2.45) is 0 Å². The minimum atomic E-state index is -3.42. The zero-order valence-corrected chi connectivity index (χ0v) is 11.6. The number of aromatic amines is 1. The molecule has 102 valence electrons. The average molecular weight is 279 g/mol. The fourth-order valence-electron chi connectivity index (χ4n) is 2.72. The smallest absolute Gasteiger partial charge is 0.245 e. The number of anilines is 1. The fourth-order valence-corrected chi connectivity index (χ4v) is 4.59. The van der Waals surface area contributed by atoms with Gasteiger partial charge in [0.25, 0.3) is 0 Å². The van der Waals surface area contributed by atoms with Crippen LogP contribution >= 0.6 is 0 Å². The van der Waals surface area contributed by atoms with Gasteiger partial charge in [-0.3, -0.25) is 0 Å². The standard InChI is InChI=1S/C13H17N3O2S/c1-9-3-2-6-16(9)19(17,18)13-8-15-12-7-10(14)4-5-11(12)13/h4-5,7-9,15H,2-3,6,14H2,1H3. The van der Waals surface area contributed by atoms with E-state index in [9.17, 15) is 8.42 Å². The van der Waals surface area contributed by atoms with Gasteiger partial charge in [0.2, 0.25) is 10.0 Å². The second-order valence-electron chi connectivity index (χ2n) is 5.06. The van der Waals surface area contributed by atoms with E-state index in [-0.39, 0.29) is 6.04 Å². The molecule has 1 aliphatic heterocycles. The quantitative estimate of drug-likeness (QED) is 0.824. The maximum Gasteiger partial charge on any atom is 0.245 e. The van der Waals surface area contributed by atoms with Crippen LogP contribution in [0.4, 0.5) is 5.69 Å². The second kappa shape index (κ2) is 4.25. The van der Waals surface area contributed by atoms with E-state index < -0.39 is 10.0 Å². The predicted octanol–water partition coefficient (Wildman–Crippen LogP) is 1.92. The molecule has 1 aromatic carbocycles. The summed E-state index contributed by atoms with van der Waals surface area (Å²) in [5.74, 6) is 0. The summed E-state index contributed by atoms with van der Waals surface area (Å²) in [6.45, 7) is 2.56. The SMILES string of the molecule is CC1CCCN1S(=O)(=O)c1c[nH]c2cc(N)ccc12. The van der Waals surface area contributed by atoms with Crippen molar-refractivity contribution in [2.75, 3.05) is 12.3 Å². The number of nitrogens with zero attached hydrogens (tertiary/aromatic N) is 1. The lowest BCUT2D eigenvalue weighted by atomic mass is 10.2. The number of hydrogen-bond donors (Lipinski definition) is 2. The molecule has 1 aromatic heterocycles. The Morgan fingerprint density at radius 1 is 1.42 bits per heavy atom. The third kappa shape index (κ3) is 1.91. The normalized spacial score (nSPS) is 21.2. The van der Waals surface area contributed by atoms with Gasteiger partial charge in [-0.25, -0.2) is 8.42 Å². The van der Waals surface area contributed by atoms with Crippen LogP contribution in [-0.4, -0.2) is 30.3 Å². The molecule has 3 N–H and O–H groups in total. The summed E-state index contributed by atoms with van der Waals surface area (Å²) in [6, 6.07) is 5.31. The number of nitrogens with two attached hydrogens (primary N) is 1. The van der Waals surface area contributed by atoms with Gasteiger partial charge in [-0.15, -0.1) is 0 Å². The Labute approximate surface area is 112 Å². The van der Waals surface area contributed by atoms with E-state index in [1.165, 1.54) is 0 Å². The predicted molar refractivity (Wildman–Crippen MR) is 75.3 cm³/mol. The van der Waals surface area contributed by atoms with E-state index in [4.69, 9.17) is 5.73 Å². The van der Waals surface area contributed by atoms with Crippen LogP contribution in [0.2, 0.25) is 0 Å². The summed E-state index contributed by atoms with van der Waals surface area (Å²) in [7, 11) is -3.42. The van der Waals surface area contributed by atoms with Crippen molar-refractivity contribution in [2.45, 2.75) is 30.7 Å². The highest BCUT2D eigenvalue weighted by molar-refractivity contribution is 7.89. The van der Waals surface area contributed by atoms with Gasteiger partial charge in [0.15, 0.2) is 0 Å². The highest BCUT2D eigenvalue weighted by Gasteiger charge is 2.34. The van der Waals surface area contributed by atoms with Gasteiger partial charge < -0.3 is 10.7 Å². The van der Waals surface area contributed by atoms with E-state index in [0.717, 1.165) is 18.4 Å². The number of hydrogen-bond acceptors (Lipinski definition) is 3. The Balaban J connectivity index is 2.13. The number of rotatable bonds is 2. The summed E-state index contributed by atoms with van der Waals surface area (Å²) >= 11 is 0. The molecule has 1 unspecified atom stereocenters. The molecule has 1 atom stereocenters. The first-order valence-electron chi connectivity index (χ1n) is 6.38. The molecule has 1 saturated heterocycles. The Bertz CT molecular complexity index is 721. The number of nitrogens with one attached hydrogen (secondary N) is 1. The molecule has 0 bridgehead atoms. The van der Waals surface area contributed by atoms with Crippen LogP contribution in [0.5, 0.6) is 0 Å². The summed E-state index contributed by atoms with van der Waals surface area (Å²) in [5.41, 5.74) is 7.08. The zero-order valence-electron chi connectivity index (χ0n) is 10.8.